The van der Waals surface area contributed by atoms with Gasteiger partial charge in [0.15, 0.2) is 0 Å². The molecule has 0 radical (unpaired) electrons. The van der Waals surface area contributed by atoms with Crippen LogP contribution >= 0.6 is 0 Å². The van der Waals surface area contributed by atoms with Crippen LogP contribution in [0.25, 0.3) is 10.8 Å². The van der Waals surface area contributed by atoms with E-state index >= 15 is 0 Å². The summed E-state index contributed by atoms with van der Waals surface area (Å²) in [7, 11) is 0. The van der Waals surface area contributed by atoms with Gasteiger partial charge >= 0.3 is 0 Å². The summed E-state index contributed by atoms with van der Waals surface area (Å²) in [5, 5.41) is 5.12. The van der Waals surface area contributed by atoms with Gasteiger partial charge in [-0.2, -0.15) is 0 Å². The number of nitrogens with one attached hydrogen (secondary N) is 1. The van der Waals surface area contributed by atoms with Crippen LogP contribution in [0.15, 0.2) is 91.0 Å². The number of carbonyl (C=O) groups excluding carboxylic acids is 3. The summed E-state index contributed by atoms with van der Waals surface area (Å²) in [6.07, 6.45) is 1.11. The Kier molecular flexibility index (Phi) is 8.44. The van der Waals surface area contributed by atoms with Crippen molar-refractivity contribution in [2.24, 2.45) is 0 Å². The van der Waals surface area contributed by atoms with E-state index in [4.69, 9.17) is 0 Å². The van der Waals surface area contributed by atoms with Crippen LogP contribution in [0.3, 0.4) is 0 Å². The molecule has 3 amide bonds. The van der Waals surface area contributed by atoms with Crippen molar-refractivity contribution < 1.29 is 14.4 Å². The van der Waals surface area contributed by atoms with Crippen molar-refractivity contribution in [2.75, 3.05) is 11.4 Å². The average Bonchev–Trinajstić information content (AvgIpc) is 3.22. The predicted octanol–water partition coefficient (Wildman–Crippen LogP) is 6.44. The molecule has 1 aliphatic heterocycles. The molecule has 0 aliphatic carbocycles. The molecule has 1 N–H and O–H groups in total. The van der Waals surface area contributed by atoms with Crippen LogP contribution in [0.2, 0.25) is 0 Å². The van der Waals surface area contributed by atoms with Crippen LogP contribution in [0.4, 0.5) is 5.69 Å². The molecule has 0 bridgehead atoms. The van der Waals surface area contributed by atoms with Crippen LogP contribution < -0.4 is 10.2 Å². The smallest absolute Gasteiger partial charge is 0.258 e. The first-order valence-electron chi connectivity index (χ1n) is 14.7. The van der Waals surface area contributed by atoms with Gasteiger partial charge in [-0.05, 0) is 62.8 Å². The quantitative estimate of drug-likeness (QED) is 0.242. The maximum atomic E-state index is 14.0. The minimum absolute atomic E-state index is 0.0302. The monoisotopic (exact) mass is 561 g/mol. The fraction of sp³-hybridized carbons (Fsp3) is 0.306. The summed E-state index contributed by atoms with van der Waals surface area (Å²) in [4.78, 5) is 44.6. The second-order valence-electron chi connectivity index (χ2n) is 12.2. The highest BCUT2D eigenvalue weighted by Gasteiger charge is 2.33. The summed E-state index contributed by atoms with van der Waals surface area (Å²) in [6.45, 7) is 8.61. The Morgan fingerprint density at radius 3 is 2.29 bits per heavy atom. The number of anilines is 1. The number of rotatable bonds is 10. The van der Waals surface area contributed by atoms with Gasteiger partial charge < -0.3 is 15.1 Å². The van der Waals surface area contributed by atoms with Crippen LogP contribution in [0.1, 0.15) is 60.7 Å². The van der Waals surface area contributed by atoms with Crippen LogP contribution in [0.5, 0.6) is 0 Å². The lowest BCUT2D eigenvalue weighted by Crippen LogP contribution is -2.54. The van der Waals surface area contributed by atoms with E-state index in [1.165, 1.54) is 0 Å². The van der Waals surface area contributed by atoms with Gasteiger partial charge in [-0.1, -0.05) is 84.4 Å². The van der Waals surface area contributed by atoms with Crippen molar-refractivity contribution in [3.05, 3.63) is 113 Å². The Labute approximate surface area is 248 Å². The van der Waals surface area contributed by atoms with E-state index in [0.29, 0.717) is 31.5 Å². The Morgan fingerprint density at radius 2 is 1.57 bits per heavy atom. The van der Waals surface area contributed by atoms with Gasteiger partial charge in [0.2, 0.25) is 11.8 Å². The summed E-state index contributed by atoms with van der Waals surface area (Å²) < 4.78 is 0. The van der Waals surface area contributed by atoms with E-state index in [2.05, 4.69) is 11.4 Å². The van der Waals surface area contributed by atoms with Crippen molar-refractivity contribution >= 4 is 34.2 Å². The van der Waals surface area contributed by atoms with E-state index in [0.717, 1.165) is 33.2 Å². The van der Waals surface area contributed by atoms with Gasteiger partial charge in [-0.25, -0.2) is 0 Å². The molecular formula is C36H39N3O3. The van der Waals surface area contributed by atoms with Gasteiger partial charge in [0.05, 0.1) is 5.69 Å². The number of aryl methyl sites for hydroxylation is 1. The number of hydrogen-bond donors (Lipinski definition) is 1. The standard InChI is InChI=1S/C36H39N3O3/c1-25-12-8-15-27(22-25)24-39(31(34(41)37-36(2,3)4)23-26-13-6-5-7-14-26)32(40)20-11-21-38-30-19-10-17-28-16-9-18-29(33(28)30)35(38)42/h5-10,12-19,22,31H,11,20-21,23-24H2,1-4H3,(H,37,41)/t31-/m1/s1. The molecule has 0 aromatic heterocycles. The molecule has 4 aromatic carbocycles. The molecule has 4 aromatic rings. The second kappa shape index (κ2) is 12.2. The number of carbonyl (C=O) groups is 3. The number of benzene rings is 4. The molecule has 6 heteroatoms. The Morgan fingerprint density at radius 1 is 0.881 bits per heavy atom. The highest BCUT2D eigenvalue weighted by molar-refractivity contribution is 6.25. The molecule has 6 nitrogen and oxygen atoms in total. The Balaban J connectivity index is 1.39. The first-order chi connectivity index (χ1) is 20.1. The molecule has 1 aliphatic rings. The average molecular weight is 562 g/mol. The molecule has 5 rings (SSSR count). The van der Waals surface area contributed by atoms with Gasteiger partial charge in [-0.15, -0.1) is 0 Å². The first kappa shape index (κ1) is 29.1. The number of hydrogen-bond acceptors (Lipinski definition) is 3. The zero-order chi connectivity index (χ0) is 29.9. The predicted molar refractivity (Wildman–Crippen MR) is 168 cm³/mol. The zero-order valence-electron chi connectivity index (χ0n) is 24.9. The Bertz CT molecular complexity index is 1600. The third kappa shape index (κ3) is 6.54. The van der Waals surface area contributed by atoms with E-state index in [9.17, 15) is 14.4 Å². The van der Waals surface area contributed by atoms with Crippen molar-refractivity contribution in [1.29, 1.82) is 0 Å². The molecule has 0 unspecified atom stereocenters. The van der Waals surface area contributed by atoms with E-state index < -0.39 is 11.6 Å². The SMILES string of the molecule is Cc1cccc(CN(C(=O)CCCN2C(=O)c3cccc4cccc2c34)[C@H](Cc2ccccc2)C(=O)NC(C)(C)C)c1. The van der Waals surface area contributed by atoms with E-state index in [-0.39, 0.29) is 24.1 Å². The fourth-order valence-corrected chi connectivity index (χ4v) is 5.75. The van der Waals surface area contributed by atoms with E-state index in [1.807, 2.05) is 113 Å². The lowest BCUT2D eigenvalue weighted by atomic mass is 10.00. The maximum absolute atomic E-state index is 14.0. The normalized spacial score (nSPS) is 13.3. The van der Waals surface area contributed by atoms with Gasteiger partial charge in [0, 0.05) is 42.4 Å². The van der Waals surface area contributed by atoms with Gasteiger partial charge in [0.25, 0.3) is 5.91 Å². The molecule has 0 saturated carbocycles. The van der Waals surface area contributed by atoms with Gasteiger partial charge in [0.1, 0.15) is 6.04 Å². The number of nitrogens with zero attached hydrogens (tertiary/aromatic N) is 2. The summed E-state index contributed by atoms with van der Waals surface area (Å²) in [6, 6.07) is 28.9. The van der Waals surface area contributed by atoms with Crippen LogP contribution in [-0.4, -0.2) is 40.7 Å². The highest BCUT2D eigenvalue weighted by Crippen LogP contribution is 2.37. The third-order valence-electron chi connectivity index (χ3n) is 7.63. The topological polar surface area (TPSA) is 69.7 Å². The number of amides is 3. The second-order valence-corrected chi connectivity index (χ2v) is 12.2. The minimum Gasteiger partial charge on any atom is -0.350 e. The minimum atomic E-state index is -0.689. The van der Waals surface area contributed by atoms with E-state index in [1.54, 1.807) is 9.80 Å². The molecule has 216 valence electrons. The van der Waals surface area contributed by atoms with Crippen LogP contribution in [0, 0.1) is 6.92 Å². The molecule has 0 saturated heterocycles. The maximum Gasteiger partial charge on any atom is 0.258 e. The summed E-state index contributed by atoms with van der Waals surface area (Å²) in [5.74, 6) is -0.314. The molecule has 1 heterocycles. The van der Waals surface area contributed by atoms with Crippen molar-refractivity contribution in [3.63, 3.8) is 0 Å². The molecular weight excluding hydrogens is 522 g/mol. The third-order valence-corrected chi connectivity index (χ3v) is 7.63. The lowest BCUT2D eigenvalue weighted by Gasteiger charge is -2.34. The zero-order valence-corrected chi connectivity index (χ0v) is 24.9. The first-order valence-corrected chi connectivity index (χ1v) is 14.7. The van der Waals surface area contributed by atoms with Crippen molar-refractivity contribution in [3.8, 4) is 0 Å². The molecule has 1 atom stereocenters. The molecule has 0 fully saturated rings. The largest absolute Gasteiger partial charge is 0.350 e. The molecule has 42 heavy (non-hydrogen) atoms. The highest BCUT2D eigenvalue weighted by atomic mass is 16.2. The van der Waals surface area contributed by atoms with Crippen molar-refractivity contribution in [2.45, 2.75) is 65.1 Å². The summed E-state index contributed by atoms with van der Waals surface area (Å²) >= 11 is 0. The fourth-order valence-electron chi connectivity index (χ4n) is 5.75. The van der Waals surface area contributed by atoms with Crippen LogP contribution in [-0.2, 0) is 22.6 Å². The van der Waals surface area contributed by atoms with Crippen molar-refractivity contribution in [1.82, 2.24) is 10.2 Å². The molecule has 0 spiro atoms. The lowest BCUT2D eigenvalue weighted by molar-refractivity contribution is -0.142. The van der Waals surface area contributed by atoms with Gasteiger partial charge in [-0.3, -0.25) is 14.4 Å². The Hall–Kier alpha value is -4.45. The summed E-state index contributed by atoms with van der Waals surface area (Å²) in [5.41, 5.74) is 4.21.